The van der Waals surface area contributed by atoms with Crippen molar-refractivity contribution in [1.29, 1.82) is 0 Å². The molecule has 3 N–H and O–H groups in total. The number of carbonyl (C=O) groups excluding carboxylic acids is 5. The third-order valence-electron chi connectivity index (χ3n) is 12.2. The fourth-order valence-corrected chi connectivity index (χ4v) is 8.55. The van der Waals surface area contributed by atoms with Crippen molar-refractivity contribution >= 4 is 29.8 Å². The molecule has 62 heavy (non-hydrogen) atoms. The number of rotatable bonds is 9. The zero-order valence-electron chi connectivity index (χ0n) is 37.7. The minimum Gasteiger partial charge on any atom is -0.466 e. The lowest BCUT2D eigenvalue weighted by atomic mass is 9.70. The number of hydrogen-bond donors (Lipinski definition) is 3. The third-order valence-corrected chi connectivity index (χ3v) is 12.2. The Labute approximate surface area is 364 Å². The lowest BCUT2D eigenvalue weighted by Gasteiger charge is -2.53. The van der Waals surface area contributed by atoms with Crippen molar-refractivity contribution in [3.8, 4) is 0 Å². The highest BCUT2D eigenvalue weighted by Gasteiger charge is 2.59. The van der Waals surface area contributed by atoms with Crippen LogP contribution in [-0.2, 0) is 61.9 Å². The molecule has 6 unspecified atom stereocenters. The molecular weight excluding hydrogens is 808 g/mol. The summed E-state index contributed by atoms with van der Waals surface area (Å²) in [5.74, 6) is -7.66. The predicted octanol–water partition coefficient (Wildman–Crippen LogP) is 5.14. The van der Waals surface area contributed by atoms with Gasteiger partial charge in [0.1, 0.15) is 18.3 Å². The van der Waals surface area contributed by atoms with Crippen molar-refractivity contribution < 1.29 is 77.2 Å². The Morgan fingerprint density at radius 3 is 2.27 bits per heavy atom. The van der Waals surface area contributed by atoms with E-state index in [0.29, 0.717) is 0 Å². The zero-order valence-corrected chi connectivity index (χ0v) is 37.7. The van der Waals surface area contributed by atoms with Crippen LogP contribution in [-0.4, -0.2) is 119 Å². The predicted molar refractivity (Wildman–Crippen MR) is 222 cm³/mol. The first-order valence-electron chi connectivity index (χ1n) is 21.7. The van der Waals surface area contributed by atoms with Gasteiger partial charge in [-0.25, -0.2) is 9.59 Å². The Morgan fingerprint density at radius 2 is 1.63 bits per heavy atom. The molecule has 3 saturated heterocycles. The number of aliphatic hydroxyl groups is 3. The van der Waals surface area contributed by atoms with Crippen LogP contribution < -0.4 is 0 Å². The molecule has 0 aliphatic carbocycles. The van der Waals surface area contributed by atoms with Gasteiger partial charge in [-0.3, -0.25) is 14.4 Å². The molecule has 6 bridgehead atoms. The number of ether oxygens (including phenoxy) is 8. The smallest absolute Gasteiger partial charge is 0.331 e. The quantitative estimate of drug-likeness (QED) is 0.0898. The number of esters is 5. The van der Waals surface area contributed by atoms with Gasteiger partial charge < -0.3 is 53.2 Å². The Kier molecular flexibility index (Phi) is 17.7. The second-order valence-corrected chi connectivity index (χ2v) is 18.0. The molecule has 11 atom stereocenters. The molecule has 0 radical (unpaired) electrons. The Bertz CT molecular complexity index is 1710. The number of fused-ring (bicyclic) bond motifs is 6. The molecule has 0 aromatic heterocycles. The monoisotopic (exact) mass is 876 g/mol. The molecule has 4 aliphatic heterocycles. The van der Waals surface area contributed by atoms with E-state index in [1.54, 1.807) is 45.9 Å². The molecule has 348 valence electrons. The number of unbranched alkanes of at least 4 members (excludes halogenated alkanes) is 1. The summed E-state index contributed by atoms with van der Waals surface area (Å²) in [5, 5.41) is 36.2. The topological polar surface area (TPSA) is 220 Å². The number of methoxy groups -OCH3 is 1. The average Bonchev–Trinajstić information content (AvgIpc) is 3.16. The van der Waals surface area contributed by atoms with E-state index < -0.39 is 107 Å². The van der Waals surface area contributed by atoms with Gasteiger partial charge in [0.2, 0.25) is 5.79 Å². The van der Waals surface area contributed by atoms with Crippen LogP contribution >= 0.6 is 0 Å². The molecule has 0 saturated carbocycles. The summed E-state index contributed by atoms with van der Waals surface area (Å²) in [6, 6.07) is 0. The van der Waals surface area contributed by atoms with Crippen molar-refractivity contribution in [3.63, 3.8) is 0 Å². The highest BCUT2D eigenvalue weighted by molar-refractivity contribution is 5.84. The number of carbonyl (C=O) groups is 5. The second-order valence-electron chi connectivity index (χ2n) is 18.0. The normalized spacial score (nSPS) is 35.9. The largest absolute Gasteiger partial charge is 0.466 e. The van der Waals surface area contributed by atoms with E-state index in [0.717, 1.165) is 18.9 Å². The summed E-state index contributed by atoms with van der Waals surface area (Å²) in [6.45, 7) is 12.8. The van der Waals surface area contributed by atoms with E-state index in [1.807, 2.05) is 13.0 Å². The van der Waals surface area contributed by atoms with Gasteiger partial charge in [0.15, 0.2) is 11.9 Å². The average molecular weight is 877 g/mol. The first-order chi connectivity index (χ1) is 29.0. The van der Waals surface area contributed by atoms with Gasteiger partial charge in [-0.2, -0.15) is 0 Å². The SMILES string of the molecule is CCC/C=C/C=C/C(=O)O[C@H]1/C(=C/C(=O)OC)CC2CC([C@@H](C)O)OC(=O)CCCC3CC(OC(C)=O)C(C)(C)[C@](O)(C[C@@H]4CC(OC(C)=O)C[C@H](/C=C/C(C)(C)C1(O)O2)O4)O3. The summed E-state index contributed by atoms with van der Waals surface area (Å²) in [5.41, 5.74) is -2.48. The van der Waals surface area contributed by atoms with Crippen LogP contribution in [0.3, 0.4) is 0 Å². The molecule has 3 fully saturated rings. The first kappa shape index (κ1) is 50.7. The van der Waals surface area contributed by atoms with Gasteiger partial charge in [0, 0.05) is 69.9 Å². The van der Waals surface area contributed by atoms with Gasteiger partial charge in [0.05, 0.1) is 43.0 Å². The maximum absolute atomic E-state index is 13.4. The molecule has 4 aliphatic rings. The third kappa shape index (κ3) is 13.1. The molecule has 0 spiro atoms. The molecule has 16 nitrogen and oxygen atoms in total. The van der Waals surface area contributed by atoms with Crippen LogP contribution in [0.4, 0.5) is 0 Å². The summed E-state index contributed by atoms with van der Waals surface area (Å²) in [4.78, 5) is 64.2. The van der Waals surface area contributed by atoms with Crippen LogP contribution in [0.25, 0.3) is 0 Å². The molecule has 4 rings (SSSR count). The summed E-state index contributed by atoms with van der Waals surface area (Å²) in [6.07, 6.45) is 4.60. The summed E-state index contributed by atoms with van der Waals surface area (Å²) >= 11 is 0. The maximum atomic E-state index is 13.4. The zero-order chi connectivity index (χ0) is 46.0. The molecule has 0 aromatic rings. The van der Waals surface area contributed by atoms with Gasteiger partial charge in [-0.15, -0.1) is 0 Å². The van der Waals surface area contributed by atoms with Crippen molar-refractivity contribution in [1.82, 2.24) is 0 Å². The van der Waals surface area contributed by atoms with Crippen LogP contribution in [0.15, 0.2) is 48.1 Å². The highest BCUT2D eigenvalue weighted by Crippen LogP contribution is 2.50. The highest BCUT2D eigenvalue weighted by atomic mass is 16.7. The summed E-state index contributed by atoms with van der Waals surface area (Å²) < 4.78 is 47.7. The lowest BCUT2D eigenvalue weighted by molar-refractivity contribution is -0.348. The van der Waals surface area contributed by atoms with Crippen molar-refractivity contribution in [2.45, 2.75) is 193 Å². The second kappa shape index (κ2) is 21.6. The van der Waals surface area contributed by atoms with E-state index >= 15 is 0 Å². The Hall–Kier alpha value is -3.93. The van der Waals surface area contributed by atoms with E-state index in [4.69, 9.17) is 37.9 Å². The van der Waals surface area contributed by atoms with Crippen LogP contribution in [0.1, 0.15) is 126 Å². The van der Waals surface area contributed by atoms with Crippen molar-refractivity contribution in [2.75, 3.05) is 7.11 Å². The van der Waals surface area contributed by atoms with E-state index in [9.17, 15) is 39.3 Å². The standard InChI is InChI=1S/C46H68O16/c1-10-11-12-13-14-17-40(51)60-42-31(22-41(52)55-9)21-35-25-37(28(2)47)59-39(50)18-15-16-33-26-38(57-30(4)49)44(7,8)45(53,61-33)27-36-24-34(56-29(3)48)23-32(58-36)19-20-43(5,6)46(42,54)62-35/h12-14,17,19-20,22,28,32-38,42,47,53-54H,10-11,15-16,18,21,23-27H2,1-9H3/b13-12+,17-14+,20-19+,31-22+/t28-,32+,33?,34?,35?,36+,37?,38?,42+,45+,46?/m1/s1. The Morgan fingerprint density at radius 1 is 0.919 bits per heavy atom. The maximum Gasteiger partial charge on any atom is 0.331 e. The van der Waals surface area contributed by atoms with Gasteiger partial charge in [-0.1, -0.05) is 71.4 Å². The minimum atomic E-state index is -2.42. The summed E-state index contributed by atoms with van der Waals surface area (Å²) in [7, 11) is 1.18. The first-order valence-corrected chi connectivity index (χ1v) is 21.7. The van der Waals surface area contributed by atoms with E-state index in [-0.39, 0.29) is 63.4 Å². The fourth-order valence-electron chi connectivity index (χ4n) is 8.55. The molecule has 0 amide bonds. The lowest BCUT2D eigenvalue weighted by Crippen LogP contribution is -2.62. The molecule has 0 aromatic carbocycles. The number of aliphatic hydroxyl groups excluding tert-OH is 1. The van der Waals surface area contributed by atoms with Crippen LogP contribution in [0, 0.1) is 10.8 Å². The van der Waals surface area contributed by atoms with Crippen molar-refractivity contribution in [2.24, 2.45) is 10.8 Å². The van der Waals surface area contributed by atoms with Gasteiger partial charge >= 0.3 is 29.8 Å². The number of hydrogen-bond acceptors (Lipinski definition) is 16. The van der Waals surface area contributed by atoms with Crippen LogP contribution in [0.5, 0.6) is 0 Å². The Balaban J connectivity index is 1.84. The fraction of sp³-hybridized carbons (Fsp3) is 0.717. The number of cyclic esters (lactones) is 1. The molecule has 4 heterocycles. The van der Waals surface area contributed by atoms with Gasteiger partial charge in [-0.05, 0) is 38.2 Å². The van der Waals surface area contributed by atoms with Crippen LogP contribution in [0.2, 0.25) is 0 Å². The molecular formula is C46H68O16. The van der Waals surface area contributed by atoms with E-state index in [2.05, 4.69) is 0 Å². The number of allylic oxidation sites excluding steroid dienone is 3. The van der Waals surface area contributed by atoms with Gasteiger partial charge in [0.25, 0.3) is 0 Å². The van der Waals surface area contributed by atoms with Crippen molar-refractivity contribution in [3.05, 3.63) is 48.1 Å². The molecule has 16 heteroatoms. The van der Waals surface area contributed by atoms with E-state index in [1.165, 1.54) is 40.0 Å². The minimum absolute atomic E-state index is 0.0880.